The van der Waals surface area contributed by atoms with Gasteiger partial charge in [0.1, 0.15) is 6.10 Å². The van der Waals surface area contributed by atoms with Crippen molar-refractivity contribution >= 4 is 11.9 Å². The predicted octanol–water partition coefficient (Wildman–Crippen LogP) is -1.31. The molecule has 0 aliphatic carbocycles. The number of amides is 3. The van der Waals surface area contributed by atoms with Crippen molar-refractivity contribution in [1.82, 2.24) is 10.2 Å². The van der Waals surface area contributed by atoms with Crippen molar-refractivity contribution in [2.75, 3.05) is 13.2 Å². The molecule has 0 aromatic rings. The van der Waals surface area contributed by atoms with Crippen LogP contribution in [-0.2, 0) is 9.53 Å². The number of aliphatic hydroxyl groups excluding tert-OH is 2. The van der Waals surface area contributed by atoms with Gasteiger partial charge in [0.05, 0.1) is 19.1 Å². The Balaban J connectivity index is 2.11. The number of rotatable bonds is 2. The van der Waals surface area contributed by atoms with Gasteiger partial charge in [0.15, 0.2) is 0 Å². The van der Waals surface area contributed by atoms with Crippen LogP contribution in [0.5, 0.6) is 0 Å². The van der Waals surface area contributed by atoms with Gasteiger partial charge in [-0.1, -0.05) is 0 Å². The van der Waals surface area contributed by atoms with Gasteiger partial charge in [-0.3, -0.25) is 15.0 Å². The van der Waals surface area contributed by atoms with E-state index in [1.165, 1.54) is 0 Å². The molecule has 0 spiro atoms. The van der Waals surface area contributed by atoms with Crippen molar-refractivity contribution in [2.24, 2.45) is 0 Å². The summed E-state index contributed by atoms with van der Waals surface area (Å²) < 4.78 is 19.2. The van der Waals surface area contributed by atoms with Crippen molar-refractivity contribution in [3.63, 3.8) is 0 Å². The standard InChI is InChI=1S/C9H13FN2O5/c10-9(3-5(14)6(4-13)17-9)12-2-1-7(15)11-8(12)16/h5-6,13-14H,1-4H2,(H,11,15,16)/t5-,6+,9-/m0/s1. The number of halogens is 1. The summed E-state index contributed by atoms with van der Waals surface area (Å²) in [4.78, 5) is 23.1. The second-order valence-electron chi connectivity index (χ2n) is 4.05. The van der Waals surface area contributed by atoms with Gasteiger partial charge < -0.3 is 14.9 Å². The van der Waals surface area contributed by atoms with E-state index in [4.69, 9.17) is 9.84 Å². The summed E-state index contributed by atoms with van der Waals surface area (Å²) >= 11 is 0. The van der Waals surface area contributed by atoms with Gasteiger partial charge in [-0.2, -0.15) is 4.39 Å². The Morgan fingerprint density at radius 2 is 2.29 bits per heavy atom. The van der Waals surface area contributed by atoms with Crippen molar-refractivity contribution in [2.45, 2.75) is 31.0 Å². The quantitative estimate of drug-likeness (QED) is 0.527. The monoisotopic (exact) mass is 248 g/mol. The molecule has 0 saturated carbocycles. The maximum Gasteiger partial charge on any atom is 0.328 e. The number of urea groups is 1. The van der Waals surface area contributed by atoms with Crippen molar-refractivity contribution < 1.29 is 28.9 Å². The van der Waals surface area contributed by atoms with Crippen LogP contribution in [0.2, 0.25) is 0 Å². The molecular formula is C9H13FN2O5. The van der Waals surface area contributed by atoms with Gasteiger partial charge in [0.2, 0.25) is 5.91 Å². The minimum atomic E-state index is -2.47. The van der Waals surface area contributed by atoms with Crippen LogP contribution in [0, 0.1) is 0 Å². The third-order valence-electron chi connectivity index (χ3n) is 2.86. The maximum absolute atomic E-state index is 14.3. The molecule has 0 unspecified atom stereocenters. The summed E-state index contributed by atoms with van der Waals surface area (Å²) in [6.45, 7) is -0.659. The number of hydrogen-bond acceptors (Lipinski definition) is 5. The molecule has 8 heteroatoms. The Hall–Kier alpha value is -1.25. The van der Waals surface area contributed by atoms with Gasteiger partial charge >= 0.3 is 6.03 Å². The van der Waals surface area contributed by atoms with Crippen LogP contribution in [-0.4, -0.2) is 58.4 Å². The lowest BCUT2D eigenvalue weighted by Crippen LogP contribution is -2.58. The average molecular weight is 248 g/mol. The molecule has 2 rings (SSSR count). The number of ether oxygens (including phenoxy) is 1. The fourth-order valence-electron chi connectivity index (χ4n) is 1.96. The van der Waals surface area contributed by atoms with E-state index in [1.54, 1.807) is 0 Å². The number of hydrogen-bond donors (Lipinski definition) is 3. The molecule has 0 aromatic heterocycles. The maximum atomic E-state index is 14.3. The van der Waals surface area contributed by atoms with Gasteiger partial charge in [0.25, 0.3) is 5.98 Å². The van der Waals surface area contributed by atoms with Gasteiger partial charge in [0, 0.05) is 13.0 Å². The molecular weight excluding hydrogens is 235 g/mol. The Morgan fingerprint density at radius 1 is 1.59 bits per heavy atom. The lowest BCUT2D eigenvalue weighted by Gasteiger charge is -2.35. The highest BCUT2D eigenvalue weighted by Gasteiger charge is 2.53. The summed E-state index contributed by atoms with van der Waals surface area (Å²) in [5.41, 5.74) is 0. The molecule has 3 N–H and O–H groups in total. The zero-order valence-corrected chi connectivity index (χ0v) is 8.93. The van der Waals surface area contributed by atoms with Crippen LogP contribution in [0.25, 0.3) is 0 Å². The number of alkyl halides is 1. The van der Waals surface area contributed by atoms with Crippen LogP contribution >= 0.6 is 0 Å². The van der Waals surface area contributed by atoms with E-state index < -0.39 is 43.2 Å². The smallest absolute Gasteiger partial charge is 0.328 e. The van der Waals surface area contributed by atoms with E-state index in [9.17, 15) is 19.1 Å². The Morgan fingerprint density at radius 3 is 2.82 bits per heavy atom. The molecule has 0 bridgehead atoms. The van der Waals surface area contributed by atoms with Crippen LogP contribution < -0.4 is 5.32 Å². The molecule has 2 aliphatic heterocycles. The first-order valence-corrected chi connectivity index (χ1v) is 5.23. The first kappa shape index (κ1) is 12.2. The van der Waals surface area contributed by atoms with Gasteiger partial charge in [-0.25, -0.2) is 4.79 Å². The Kier molecular flexibility index (Phi) is 3.02. The minimum absolute atomic E-state index is 0.0271. The molecule has 2 fully saturated rings. The first-order valence-electron chi connectivity index (χ1n) is 5.23. The number of carbonyl (C=O) groups is 2. The highest BCUT2D eigenvalue weighted by Crippen LogP contribution is 2.36. The zero-order chi connectivity index (χ0) is 12.6. The summed E-state index contributed by atoms with van der Waals surface area (Å²) in [6, 6.07) is -0.894. The first-order chi connectivity index (χ1) is 7.96. The number of nitrogens with one attached hydrogen (secondary N) is 1. The van der Waals surface area contributed by atoms with E-state index in [-0.39, 0.29) is 13.0 Å². The molecule has 0 radical (unpaired) electrons. The molecule has 3 atom stereocenters. The number of imide groups is 1. The molecule has 17 heavy (non-hydrogen) atoms. The average Bonchev–Trinajstić information content (AvgIpc) is 2.54. The summed E-state index contributed by atoms with van der Waals surface area (Å²) in [5, 5.41) is 20.3. The summed E-state index contributed by atoms with van der Waals surface area (Å²) in [6.07, 6.45) is -2.72. The minimum Gasteiger partial charge on any atom is -0.394 e. The predicted molar refractivity (Wildman–Crippen MR) is 51.3 cm³/mol. The van der Waals surface area contributed by atoms with Gasteiger partial charge in [-0.15, -0.1) is 0 Å². The van der Waals surface area contributed by atoms with E-state index in [2.05, 4.69) is 0 Å². The fourth-order valence-corrected chi connectivity index (χ4v) is 1.96. The van der Waals surface area contributed by atoms with Crippen molar-refractivity contribution in [1.29, 1.82) is 0 Å². The summed E-state index contributed by atoms with van der Waals surface area (Å²) in [5.74, 6) is -2.95. The normalized spacial score (nSPS) is 38.4. The number of carbonyl (C=O) groups excluding carboxylic acids is 2. The highest BCUT2D eigenvalue weighted by molar-refractivity contribution is 5.96. The molecule has 3 amide bonds. The molecule has 2 aliphatic rings. The largest absolute Gasteiger partial charge is 0.394 e. The Bertz CT molecular complexity index is 352. The van der Waals surface area contributed by atoms with Crippen LogP contribution in [0.1, 0.15) is 12.8 Å². The van der Waals surface area contributed by atoms with Crippen LogP contribution in [0.3, 0.4) is 0 Å². The highest BCUT2D eigenvalue weighted by atomic mass is 19.2. The summed E-state index contributed by atoms with van der Waals surface area (Å²) in [7, 11) is 0. The van der Waals surface area contributed by atoms with E-state index in [1.807, 2.05) is 5.32 Å². The van der Waals surface area contributed by atoms with E-state index in [0.717, 1.165) is 0 Å². The number of aliphatic hydroxyl groups is 2. The van der Waals surface area contributed by atoms with E-state index in [0.29, 0.717) is 4.90 Å². The molecule has 7 nitrogen and oxygen atoms in total. The Labute approximate surface area is 96.1 Å². The second kappa shape index (κ2) is 4.21. The third kappa shape index (κ3) is 2.11. The molecule has 96 valence electrons. The van der Waals surface area contributed by atoms with E-state index >= 15 is 0 Å². The van der Waals surface area contributed by atoms with Crippen LogP contribution in [0.4, 0.5) is 9.18 Å². The lowest BCUT2D eigenvalue weighted by atomic mass is 10.1. The molecule has 0 aromatic carbocycles. The van der Waals surface area contributed by atoms with Gasteiger partial charge in [-0.05, 0) is 0 Å². The SMILES string of the molecule is O=C1CCN([C@@]2(F)C[C@H](O)[C@@H](CO)O2)C(=O)N1. The second-order valence-corrected chi connectivity index (χ2v) is 4.05. The van der Waals surface area contributed by atoms with Crippen LogP contribution in [0.15, 0.2) is 0 Å². The van der Waals surface area contributed by atoms with Crippen molar-refractivity contribution in [3.8, 4) is 0 Å². The topological polar surface area (TPSA) is 99.1 Å². The molecule has 2 heterocycles. The van der Waals surface area contributed by atoms with Crippen molar-refractivity contribution in [3.05, 3.63) is 0 Å². The number of nitrogens with zero attached hydrogens (tertiary/aromatic N) is 1. The zero-order valence-electron chi connectivity index (χ0n) is 8.93. The third-order valence-corrected chi connectivity index (χ3v) is 2.86. The lowest BCUT2D eigenvalue weighted by molar-refractivity contribution is -0.220. The molecule has 2 saturated heterocycles. The fraction of sp³-hybridized carbons (Fsp3) is 0.778.